The van der Waals surface area contributed by atoms with E-state index in [0.29, 0.717) is 4.88 Å². The quantitative estimate of drug-likeness (QED) is 0.561. The van der Waals surface area contributed by atoms with E-state index in [2.05, 4.69) is 21.8 Å². The third-order valence-corrected chi connectivity index (χ3v) is 5.13. The number of fused-ring (bicyclic) bond motifs is 1. The summed E-state index contributed by atoms with van der Waals surface area (Å²) in [5, 5.41) is 6.97. The number of imidazole rings is 1. The summed E-state index contributed by atoms with van der Waals surface area (Å²) in [7, 11) is 0. The van der Waals surface area contributed by atoms with Crippen molar-refractivity contribution in [2.75, 3.05) is 5.32 Å². The van der Waals surface area contributed by atoms with Crippen molar-refractivity contribution in [1.82, 2.24) is 19.0 Å². The van der Waals surface area contributed by atoms with Crippen LogP contribution in [0.1, 0.15) is 34.3 Å². The lowest BCUT2D eigenvalue weighted by atomic mass is 10.1. The molecule has 4 aromatic rings. The topological polar surface area (TPSA) is 72.2 Å². The largest absolute Gasteiger partial charge is 0.321 e. The second kappa shape index (κ2) is 7.28. The zero-order valence-electron chi connectivity index (χ0n) is 15.1. The second-order valence-electron chi connectivity index (χ2n) is 6.38. The van der Waals surface area contributed by atoms with Gasteiger partial charge >= 0.3 is 0 Å². The van der Waals surface area contributed by atoms with Crippen LogP contribution < -0.4 is 5.32 Å². The summed E-state index contributed by atoms with van der Waals surface area (Å²) in [5.74, 6) is -0.162. The minimum Gasteiger partial charge on any atom is -0.321 e. The zero-order chi connectivity index (χ0) is 18.8. The first-order valence-electron chi connectivity index (χ1n) is 8.83. The van der Waals surface area contributed by atoms with E-state index in [-0.39, 0.29) is 5.91 Å². The maximum Gasteiger partial charge on any atom is 0.269 e. The molecule has 0 spiro atoms. The highest BCUT2D eigenvalue weighted by Gasteiger charge is 2.16. The average molecular weight is 377 g/mol. The Kier molecular flexibility index (Phi) is 4.68. The molecule has 3 heterocycles. The summed E-state index contributed by atoms with van der Waals surface area (Å²) < 4.78 is 5.93. The molecule has 0 aliphatic carbocycles. The minimum absolute atomic E-state index is 0.162. The molecule has 0 aliphatic heterocycles. The number of anilines is 1. The van der Waals surface area contributed by atoms with Gasteiger partial charge in [0.15, 0.2) is 0 Å². The Hall–Kier alpha value is -3.06. The van der Waals surface area contributed by atoms with Crippen LogP contribution >= 0.6 is 11.5 Å². The molecule has 3 aromatic heterocycles. The van der Waals surface area contributed by atoms with Crippen molar-refractivity contribution in [3.05, 3.63) is 64.9 Å². The number of carbonyl (C=O) groups excluding carboxylic acids is 1. The summed E-state index contributed by atoms with van der Waals surface area (Å²) >= 11 is 1.13. The Morgan fingerprint density at radius 3 is 2.78 bits per heavy atom. The van der Waals surface area contributed by atoms with E-state index in [1.54, 1.807) is 0 Å². The molecule has 0 bridgehead atoms. The third-order valence-electron chi connectivity index (χ3n) is 4.37. The van der Waals surface area contributed by atoms with Gasteiger partial charge in [0.25, 0.3) is 5.91 Å². The molecule has 0 aliphatic rings. The van der Waals surface area contributed by atoms with Gasteiger partial charge < -0.3 is 9.72 Å². The lowest BCUT2D eigenvalue weighted by molar-refractivity contribution is 0.102. The van der Waals surface area contributed by atoms with E-state index >= 15 is 0 Å². The van der Waals surface area contributed by atoms with E-state index < -0.39 is 0 Å². The van der Waals surface area contributed by atoms with Crippen molar-refractivity contribution in [2.24, 2.45) is 0 Å². The molecular weight excluding hydrogens is 358 g/mol. The standard InChI is InChI=1S/C20H19N5OS/c1-3-5-16-18(27-24-23-16)20(26)21-15-9-7-14(8-10-15)17-12-25-11-4-6-13(2)19(25)22-17/h4,6-12H,3,5H2,1-2H3,(H,21,26). The number of carbonyl (C=O) groups is 1. The highest BCUT2D eigenvalue weighted by atomic mass is 32.1. The first-order valence-corrected chi connectivity index (χ1v) is 9.60. The number of pyridine rings is 1. The smallest absolute Gasteiger partial charge is 0.269 e. The van der Waals surface area contributed by atoms with Gasteiger partial charge in [-0.2, -0.15) is 0 Å². The molecule has 27 heavy (non-hydrogen) atoms. The van der Waals surface area contributed by atoms with E-state index in [0.717, 1.165) is 58.2 Å². The van der Waals surface area contributed by atoms with E-state index in [1.165, 1.54) is 0 Å². The van der Waals surface area contributed by atoms with Crippen LogP contribution in [0.3, 0.4) is 0 Å². The molecule has 0 saturated carbocycles. The Bertz CT molecular complexity index is 1100. The van der Waals surface area contributed by atoms with Crippen LogP contribution in [0.15, 0.2) is 48.8 Å². The second-order valence-corrected chi connectivity index (χ2v) is 7.13. The lowest BCUT2D eigenvalue weighted by Crippen LogP contribution is -2.12. The number of nitrogens with zero attached hydrogens (tertiary/aromatic N) is 4. The van der Waals surface area contributed by atoms with Crippen molar-refractivity contribution in [3.63, 3.8) is 0 Å². The predicted octanol–water partition coefficient (Wildman–Crippen LogP) is 4.37. The van der Waals surface area contributed by atoms with Gasteiger partial charge in [0.05, 0.1) is 11.4 Å². The molecule has 0 saturated heterocycles. The zero-order valence-corrected chi connectivity index (χ0v) is 16.0. The normalized spacial score (nSPS) is 11.0. The van der Waals surface area contributed by atoms with Crippen molar-refractivity contribution in [3.8, 4) is 11.3 Å². The van der Waals surface area contributed by atoms with Crippen molar-refractivity contribution in [1.29, 1.82) is 0 Å². The van der Waals surface area contributed by atoms with Crippen LogP contribution in [0, 0.1) is 6.92 Å². The fraction of sp³-hybridized carbons (Fsp3) is 0.200. The molecule has 1 aromatic carbocycles. The number of benzene rings is 1. The van der Waals surface area contributed by atoms with E-state index in [4.69, 9.17) is 4.98 Å². The summed E-state index contributed by atoms with van der Waals surface area (Å²) in [6.45, 7) is 4.10. The van der Waals surface area contributed by atoms with Gasteiger partial charge in [0, 0.05) is 23.6 Å². The van der Waals surface area contributed by atoms with Gasteiger partial charge in [-0.05, 0) is 48.6 Å². The monoisotopic (exact) mass is 377 g/mol. The Morgan fingerprint density at radius 1 is 1.22 bits per heavy atom. The summed E-state index contributed by atoms with van der Waals surface area (Å²) in [6.07, 6.45) is 5.69. The van der Waals surface area contributed by atoms with Gasteiger partial charge in [-0.15, -0.1) is 5.10 Å². The third kappa shape index (κ3) is 3.46. The van der Waals surface area contributed by atoms with E-state index in [1.807, 2.05) is 60.1 Å². The molecule has 1 N–H and O–H groups in total. The molecule has 4 rings (SSSR count). The van der Waals surface area contributed by atoms with Gasteiger partial charge in [-0.3, -0.25) is 4.79 Å². The van der Waals surface area contributed by atoms with Crippen LogP contribution in [0.5, 0.6) is 0 Å². The number of hydrogen-bond donors (Lipinski definition) is 1. The summed E-state index contributed by atoms with van der Waals surface area (Å²) in [6, 6.07) is 11.8. The molecular formula is C20H19N5OS. The molecule has 0 fully saturated rings. The fourth-order valence-electron chi connectivity index (χ4n) is 2.99. The van der Waals surface area contributed by atoms with Crippen LogP contribution in [-0.4, -0.2) is 24.9 Å². The number of rotatable bonds is 5. The van der Waals surface area contributed by atoms with Crippen LogP contribution in [-0.2, 0) is 6.42 Å². The fourth-order valence-corrected chi connectivity index (χ4v) is 3.59. The van der Waals surface area contributed by atoms with E-state index in [9.17, 15) is 4.79 Å². The molecule has 0 radical (unpaired) electrons. The molecule has 7 heteroatoms. The first-order chi connectivity index (χ1) is 13.2. The highest BCUT2D eigenvalue weighted by Crippen LogP contribution is 2.23. The number of amides is 1. The number of hydrogen-bond acceptors (Lipinski definition) is 5. The maximum atomic E-state index is 12.5. The van der Waals surface area contributed by atoms with Crippen LogP contribution in [0.4, 0.5) is 5.69 Å². The van der Waals surface area contributed by atoms with Crippen molar-refractivity contribution in [2.45, 2.75) is 26.7 Å². The molecule has 0 unspecified atom stereocenters. The van der Waals surface area contributed by atoms with Gasteiger partial charge in [0.1, 0.15) is 10.5 Å². The Morgan fingerprint density at radius 2 is 2.04 bits per heavy atom. The van der Waals surface area contributed by atoms with Crippen LogP contribution in [0.25, 0.3) is 16.9 Å². The maximum absolute atomic E-state index is 12.5. The number of nitrogens with one attached hydrogen (secondary N) is 1. The summed E-state index contributed by atoms with van der Waals surface area (Å²) in [4.78, 5) is 17.8. The SMILES string of the molecule is CCCc1nnsc1C(=O)Nc1ccc(-c2cn3cccc(C)c3n2)cc1. The van der Waals surface area contributed by atoms with Crippen molar-refractivity contribution < 1.29 is 4.79 Å². The average Bonchev–Trinajstić information content (AvgIpc) is 3.30. The van der Waals surface area contributed by atoms with Gasteiger partial charge in [-0.25, -0.2) is 4.98 Å². The highest BCUT2D eigenvalue weighted by molar-refractivity contribution is 7.08. The Balaban J connectivity index is 1.54. The minimum atomic E-state index is -0.162. The molecule has 1 amide bonds. The van der Waals surface area contributed by atoms with Gasteiger partial charge in [-0.1, -0.05) is 36.0 Å². The van der Waals surface area contributed by atoms with Crippen LogP contribution in [0.2, 0.25) is 0 Å². The first kappa shape index (κ1) is 17.4. The predicted molar refractivity (Wildman–Crippen MR) is 107 cm³/mol. The lowest BCUT2D eigenvalue weighted by Gasteiger charge is -2.05. The number of aromatic nitrogens is 4. The van der Waals surface area contributed by atoms with Crippen molar-refractivity contribution >= 4 is 28.8 Å². The molecule has 0 atom stereocenters. The van der Waals surface area contributed by atoms with Gasteiger partial charge in [0.2, 0.25) is 0 Å². The number of aryl methyl sites for hydroxylation is 2. The summed E-state index contributed by atoms with van der Waals surface area (Å²) in [5.41, 5.74) is 5.48. The molecule has 6 nitrogen and oxygen atoms in total. The Labute approximate surface area is 161 Å². The molecule has 136 valence electrons.